The normalized spacial score (nSPS) is 11.1. The number of carbonyl (C=O) groups excluding carboxylic acids is 1. The summed E-state index contributed by atoms with van der Waals surface area (Å²) in [6, 6.07) is 19.1. The van der Waals surface area contributed by atoms with Crippen LogP contribution in [-0.2, 0) is 29.1 Å². The molecule has 0 aliphatic carbocycles. The average Bonchev–Trinajstić information content (AvgIpc) is 3.62. The van der Waals surface area contributed by atoms with E-state index in [9.17, 15) is 37.5 Å². The Morgan fingerprint density at radius 1 is 0.911 bits per heavy atom. The molecule has 0 aliphatic heterocycles. The number of hydrogen-bond donors (Lipinski definition) is 4. The second-order valence-electron chi connectivity index (χ2n) is 9.56. The van der Waals surface area contributed by atoms with Crippen molar-refractivity contribution < 1.29 is 42.2 Å². The van der Waals surface area contributed by atoms with Crippen molar-refractivity contribution in [2.24, 2.45) is 0 Å². The second-order valence-corrected chi connectivity index (χ2v) is 9.56. The highest BCUT2D eigenvalue weighted by molar-refractivity contribution is 5.88. The van der Waals surface area contributed by atoms with Crippen LogP contribution in [0, 0.1) is 0 Å². The molecule has 13 nitrogen and oxygen atoms in total. The van der Waals surface area contributed by atoms with Gasteiger partial charge < -0.3 is 24.9 Å². The lowest BCUT2D eigenvalue weighted by atomic mass is 10.1. The number of anilines is 1. The quantitative estimate of drug-likeness (QED) is 0.200. The zero-order valence-corrected chi connectivity index (χ0v) is 23.3. The van der Waals surface area contributed by atoms with Crippen molar-refractivity contribution in [3.63, 3.8) is 0 Å². The number of rotatable bonds is 8. The predicted octanol–water partition coefficient (Wildman–Crippen LogP) is 3.46. The van der Waals surface area contributed by atoms with Crippen molar-refractivity contribution in [2.75, 3.05) is 5.32 Å². The van der Waals surface area contributed by atoms with Gasteiger partial charge in [0.15, 0.2) is 5.65 Å². The van der Waals surface area contributed by atoms with E-state index in [1.807, 2.05) is 42.5 Å². The summed E-state index contributed by atoms with van der Waals surface area (Å²) in [4.78, 5) is 66.0. The fourth-order valence-electron chi connectivity index (χ4n) is 4.18. The van der Waals surface area contributed by atoms with Gasteiger partial charge in [-0.1, -0.05) is 42.5 Å². The third kappa shape index (κ3) is 7.92. The minimum Gasteiger partial charge on any atom is -0.475 e. The average molecular weight is 628 g/mol. The van der Waals surface area contributed by atoms with E-state index in [1.165, 1.54) is 23.6 Å². The first-order chi connectivity index (χ1) is 21.2. The van der Waals surface area contributed by atoms with E-state index >= 15 is 0 Å². The number of amides is 1. The molecule has 0 radical (unpaired) electrons. The molecule has 0 saturated heterocycles. The van der Waals surface area contributed by atoms with Crippen LogP contribution < -0.4 is 16.6 Å². The number of alkyl halides is 3. The maximum absolute atomic E-state index is 13.5. The van der Waals surface area contributed by atoms with E-state index in [0.717, 1.165) is 15.7 Å². The minimum absolute atomic E-state index is 0.0476. The number of carboxylic acid groups (broad SMARTS) is 2. The molecule has 4 N–H and O–H groups in total. The third-order valence-electron chi connectivity index (χ3n) is 6.17. The first-order valence-corrected chi connectivity index (χ1v) is 13.0. The van der Waals surface area contributed by atoms with Crippen molar-refractivity contribution >= 4 is 34.7 Å². The Kier molecular flexibility index (Phi) is 9.35. The summed E-state index contributed by atoms with van der Waals surface area (Å²) in [6.07, 6.45) is -4.74. The molecule has 16 heteroatoms. The number of carbonyl (C=O) groups is 3. The molecule has 1 amide bonds. The molecule has 0 saturated carbocycles. The first kappa shape index (κ1) is 32.0. The van der Waals surface area contributed by atoms with Gasteiger partial charge in [0.25, 0.3) is 5.56 Å². The molecular weight excluding hydrogens is 603 g/mol. The molecule has 0 spiro atoms. The highest BCUT2D eigenvalue weighted by atomic mass is 19.4. The lowest BCUT2D eigenvalue weighted by Gasteiger charge is -2.10. The number of fused-ring (bicyclic) bond motifs is 1. The van der Waals surface area contributed by atoms with Crippen LogP contribution in [0.1, 0.15) is 40.2 Å². The number of aromatic nitrogens is 4. The molecule has 3 heterocycles. The molecule has 45 heavy (non-hydrogen) atoms. The first-order valence-electron chi connectivity index (χ1n) is 13.0. The summed E-state index contributed by atoms with van der Waals surface area (Å²) in [6.45, 7) is 1.36. The summed E-state index contributed by atoms with van der Waals surface area (Å²) in [5, 5.41) is 19.0. The van der Waals surface area contributed by atoms with Crippen LogP contribution in [0.2, 0.25) is 0 Å². The molecule has 2 aromatic carbocycles. The predicted molar refractivity (Wildman–Crippen MR) is 152 cm³/mol. The summed E-state index contributed by atoms with van der Waals surface area (Å²) in [5.74, 6) is -3.73. The van der Waals surface area contributed by atoms with E-state index in [1.54, 1.807) is 12.1 Å². The van der Waals surface area contributed by atoms with Crippen molar-refractivity contribution in [1.82, 2.24) is 19.1 Å². The number of carboxylic acids is 2. The molecule has 3 aromatic heterocycles. The molecule has 0 aliphatic rings. The van der Waals surface area contributed by atoms with E-state index < -0.39 is 29.4 Å². The fourth-order valence-corrected chi connectivity index (χ4v) is 4.18. The third-order valence-corrected chi connectivity index (χ3v) is 6.17. The highest BCUT2D eigenvalue weighted by Crippen LogP contribution is 2.16. The van der Waals surface area contributed by atoms with Crippen LogP contribution in [-0.4, -0.2) is 53.3 Å². The summed E-state index contributed by atoms with van der Waals surface area (Å²) < 4.78 is 39.5. The zero-order valence-electron chi connectivity index (χ0n) is 23.3. The Labute approximate surface area is 250 Å². The Hall–Kier alpha value is -5.93. The number of furan rings is 1. The van der Waals surface area contributed by atoms with Crippen LogP contribution in [0.3, 0.4) is 0 Å². The molecule has 5 rings (SSSR count). The van der Waals surface area contributed by atoms with Crippen molar-refractivity contribution in [2.45, 2.75) is 32.6 Å². The number of hydrogen-bond acceptors (Lipinski definition) is 7. The number of H-pyrrole nitrogens is 1. The minimum atomic E-state index is -5.08. The Morgan fingerprint density at radius 3 is 2.11 bits per heavy atom. The van der Waals surface area contributed by atoms with Gasteiger partial charge in [0.1, 0.15) is 17.1 Å². The van der Waals surface area contributed by atoms with Gasteiger partial charge in [-0.15, -0.1) is 0 Å². The SMILES string of the molecule is CC(=O)Nc1ccc(Cc2nc3c([nH]2)c(=O)n(Cc2ccccc2)c(=O)n3Cc2ccc(C(=O)O)o2)cc1.O=C(O)C(F)(F)F. The number of imidazole rings is 1. The van der Waals surface area contributed by atoms with Crippen LogP contribution in [0.4, 0.5) is 18.9 Å². The van der Waals surface area contributed by atoms with Gasteiger partial charge in [-0.05, 0) is 35.4 Å². The van der Waals surface area contributed by atoms with Gasteiger partial charge in [-0.2, -0.15) is 13.2 Å². The van der Waals surface area contributed by atoms with Crippen molar-refractivity contribution in [3.05, 3.63) is 116 Å². The van der Waals surface area contributed by atoms with Gasteiger partial charge in [0.2, 0.25) is 11.7 Å². The number of benzene rings is 2. The number of aliphatic carboxylic acids is 1. The van der Waals surface area contributed by atoms with E-state index in [4.69, 9.17) is 14.3 Å². The monoisotopic (exact) mass is 627 g/mol. The van der Waals surface area contributed by atoms with Gasteiger partial charge in [0, 0.05) is 19.0 Å². The summed E-state index contributed by atoms with van der Waals surface area (Å²) in [5.41, 5.74) is 1.46. The van der Waals surface area contributed by atoms with Crippen molar-refractivity contribution in [3.8, 4) is 0 Å². The number of aromatic amines is 1. The smallest absolute Gasteiger partial charge is 0.475 e. The van der Waals surface area contributed by atoms with E-state index in [2.05, 4.69) is 15.3 Å². The largest absolute Gasteiger partial charge is 0.490 e. The Balaban J connectivity index is 0.000000591. The number of aromatic carboxylic acids is 1. The molecular formula is C29H24F3N5O8. The maximum atomic E-state index is 13.5. The van der Waals surface area contributed by atoms with Gasteiger partial charge in [-0.3, -0.25) is 18.7 Å². The molecule has 0 bridgehead atoms. The Morgan fingerprint density at radius 2 is 1.56 bits per heavy atom. The highest BCUT2D eigenvalue weighted by Gasteiger charge is 2.38. The maximum Gasteiger partial charge on any atom is 0.490 e. The van der Waals surface area contributed by atoms with Crippen LogP contribution in [0.5, 0.6) is 0 Å². The van der Waals surface area contributed by atoms with Gasteiger partial charge >= 0.3 is 23.8 Å². The van der Waals surface area contributed by atoms with Crippen molar-refractivity contribution in [1.29, 1.82) is 0 Å². The standard InChI is InChI=1S/C27H23N5O6.C2HF3O2/c1-16(33)28-19-9-7-17(8-10-19)13-22-29-23-24(30-22)31(15-20-11-12-21(38-20)26(35)36)27(37)32(25(23)34)14-18-5-3-2-4-6-18;3-2(4,5)1(6)7/h2-12H,13-15H2,1H3,(H,28,33)(H,29,30)(H,35,36);(H,6,7). The lowest BCUT2D eigenvalue weighted by Crippen LogP contribution is -2.40. The van der Waals surface area contributed by atoms with Gasteiger partial charge in [-0.25, -0.2) is 19.4 Å². The molecule has 234 valence electrons. The fraction of sp³-hybridized carbons (Fsp3) is 0.172. The number of nitrogens with one attached hydrogen (secondary N) is 2. The van der Waals surface area contributed by atoms with Crippen LogP contribution in [0.25, 0.3) is 11.2 Å². The molecule has 0 atom stereocenters. The lowest BCUT2D eigenvalue weighted by molar-refractivity contribution is -0.192. The van der Waals surface area contributed by atoms with Gasteiger partial charge in [0.05, 0.1) is 13.1 Å². The van der Waals surface area contributed by atoms with Crippen LogP contribution in [0.15, 0.2) is 80.7 Å². The summed E-state index contributed by atoms with van der Waals surface area (Å²) >= 11 is 0. The zero-order chi connectivity index (χ0) is 32.9. The molecule has 0 fully saturated rings. The molecule has 0 unspecified atom stereocenters. The number of halogens is 3. The Bertz CT molecular complexity index is 1970. The number of nitrogens with zero attached hydrogens (tertiary/aromatic N) is 3. The summed E-state index contributed by atoms with van der Waals surface area (Å²) in [7, 11) is 0. The van der Waals surface area contributed by atoms with E-state index in [-0.39, 0.29) is 41.7 Å². The van der Waals surface area contributed by atoms with E-state index in [0.29, 0.717) is 17.9 Å². The van der Waals surface area contributed by atoms with Crippen LogP contribution >= 0.6 is 0 Å². The molecule has 5 aromatic rings. The topological polar surface area (TPSA) is 190 Å². The second kappa shape index (κ2) is 13.2.